The maximum atomic E-state index is 14.0. The topological polar surface area (TPSA) is 103 Å². The Kier molecular flexibility index (Phi) is 8.67. The van der Waals surface area contributed by atoms with E-state index in [1.54, 1.807) is 0 Å². The lowest BCUT2D eigenvalue weighted by Gasteiger charge is -2.41. The molecule has 2 aromatic carbocycles. The minimum absolute atomic E-state index is 0.0713. The fourth-order valence-corrected chi connectivity index (χ4v) is 9.10. The van der Waals surface area contributed by atoms with Crippen LogP contribution in [0.5, 0.6) is 0 Å². The number of aromatic nitrogens is 2. The largest absolute Gasteiger partial charge is 0.386 e. The average Bonchev–Trinajstić information content (AvgIpc) is 3.14. The standard InChI is InChI=1S/C30H39FN2O6Si/c1-28(2,3)37-19-23-24(39-29(4,5)6)25(34)30(38-23,33-18-20(17-31)26(35)32-27(33)36)40(21-13-9-7-10-14-21)22-15-11-8-12-16-22/h7-16,18,23-25,34,40H,17,19H2,1-6H3,(H,32,35,36)/t23-,24-,25-,30+/m1/s1. The van der Waals surface area contributed by atoms with Crippen molar-refractivity contribution in [2.45, 2.75) is 83.1 Å². The summed E-state index contributed by atoms with van der Waals surface area (Å²) in [5.41, 5.74) is -3.07. The monoisotopic (exact) mass is 570 g/mol. The fourth-order valence-electron chi connectivity index (χ4n) is 5.23. The van der Waals surface area contributed by atoms with E-state index in [0.29, 0.717) is 0 Å². The molecule has 1 aromatic heterocycles. The molecule has 0 aliphatic carbocycles. The van der Waals surface area contributed by atoms with Gasteiger partial charge in [0.25, 0.3) is 5.56 Å². The van der Waals surface area contributed by atoms with Crippen LogP contribution < -0.4 is 21.6 Å². The lowest BCUT2D eigenvalue weighted by molar-refractivity contribution is -0.141. The Morgan fingerprint density at radius 3 is 2.00 bits per heavy atom. The van der Waals surface area contributed by atoms with Crippen molar-refractivity contribution >= 4 is 19.2 Å². The molecule has 4 rings (SSSR count). The molecule has 0 unspecified atom stereocenters. The van der Waals surface area contributed by atoms with Crippen molar-refractivity contribution in [3.8, 4) is 0 Å². The number of hydrogen-bond donors (Lipinski definition) is 2. The van der Waals surface area contributed by atoms with Crippen LogP contribution in [0.15, 0.2) is 76.4 Å². The Labute approximate surface area is 235 Å². The molecule has 1 aliphatic heterocycles. The van der Waals surface area contributed by atoms with Gasteiger partial charge in [0.15, 0.2) is 14.1 Å². The van der Waals surface area contributed by atoms with Crippen molar-refractivity contribution in [3.05, 3.63) is 93.3 Å². The third-order valence-electron chi connectivity index (χ3n) is 6.83. The molecule has 1 saturated heterocycles. The van der Waals surface area contributed by atoms with Crippen LogP contribution in [0.1, 0.15) is 47.1 Å². The lowest BCUT2D eigenvalue weighted by Crippen LogP contribution is -2.69. The van der Waals surface area contributed by atoms with Crippen molar-refractivity contribution in [2.24, 2.45) is 0 Å². The highest BCUT2D eigenvalue weighted by Crippen LogP contribution is 2.40. The van der Waals surface area contributed by atoms with Gasteiger partial charge in [0, 0.05) is 6.20 Å². The molecule has 0 bridgehead atoms. The number of alkyl halides is 1. The van der Waals surface area contributed by atoms with Crippen LogP contribution in [0, 0.1) is 0 Å². The Morgan fingerprint density at radius 1 is 0.975 bits per heavy atom. The normalized spacial score (nSPS) is 23.6. The number of halogens is 1. The summed E-state index contributed by atoms with van der Waals surface area (Å²) >= 11 is 0. The van der Waals surface area contributed by atoms with E-state index in [2.05, 4.69) is 4.98 Å². The summed E-state index contributed by atoms with van der Waals surface area (Å²) in [6.07, 6.45) is -1.90. The van der Waals surface area contributed by atoms with Crippen LogP contribution >= 0.6 is 0 Å². The number of aliphatic hydroxyl groups is 1. The summed E-state index contributed by atoms with van der Waals surface area (Å²) in [5.74, 6) is 0. The predicted octanol–water partition coefficient (Wildman–Crippen LogP) is 2.00. The summed E-state index contributed by atoms with van der Waals surface area (Å²) in [7, 11) is -2.80. The van der Waals surface area contributed by atoms with Gasteiger partial charge in [-0.1, -0.05) is 71.0 Å². The van der Waals surface area contributed by atoms with Gasteiger partial charge in [-0.3, -0.25) is 14.3 Å². The van der Waals surface area contributed by atoms with Crippen molar-refractivity contribution < 1.29 is 23.7 Å². The first-order valence-electron chi connectivity index (χ1n) is 13.5. The first-order valence-corrected chi connectivity index (χ1v) is 15.2. The van der Waals surface area contributed by atoms with Gasteiger partial charge in [-0.15, -0.1) is 0 Å². The predicted molar refractivity (Wildman–Crippen MR) is 155 cm³/mol. The van der Waals surface area contributed by atoms with Crippen LogP contribution in [0.25, 0.3) is 0 Å². The highest BCUT2D eigenvalue weighted by molar-refractivity contribution is 6.86. The molecule has 1 fully saturated rings. The Balaban J connectivity index is 2.05. The molecule has 8 nitrogen and oxygen atoms in total. The van der Waals surface area contributed by atoms with Crippen molar-refractivity contribution in [3.63, 3.8) is 0 Å². The zero-order valence-electron chi connectivity index (χ0n) is 23.9. The third-order valence-corrected chi connectivity index (χ3v) is 10.5. The molecule has 0 saturated carbocycles. The number of ether oxygens (including phenoxy) is 3. The smallest absolute Gasteiger partial charge is 0.330 e. The first-order chi connectivity index (χ1) is 18.8. The maximum absolute atomic E-state index is 14.0. The van der Waals surface area contributed by atoms with Crippen LogP contribution in [0.2, 0.25) is 0 Å². The molecule has 0 amide bonds. The number of nitrogens with one attached hydrogen (secondary N) is 1. The van der Waals surface area contributed by atoms with E-state index >= 15 is 0 Å². The second-order valence-corrected chi connectivity index (χ2v) is 15.2. The van der Waals surface area contributed by atoms with Crippen molar-refractivity contribution in [1.29, 1.82) is 0 Å². The maximum Gasteiger partial charge on any atom is 0.330 e. The quantitative estimate of drug-likeness (QED) is 0.402. The zero-order valence-corrected chi connectivity index (χ0v) is 25.0. The summed E-state index contributed by atoms with van der Waals surface area (Å²) in [6.45, 7) is 10.3. The fraction of sp³-hybridized carbons (Fsp3) is 0.467. The molecule has 2 heterocycles. The molecule has 0 spiro atoms. The van der Waals surface area contributed by atoms with Gasteiger partial charge in [-0.05, 0) is 41.5 Å². The number of nitrogens with zero attached hydrogens (tertiary/aromatic N) is 1. The summed E-state index contributed by atoms with van der Waals surface area (Å²) in [6, 6.07) is 19.1. The van der Waals surface area contributed by atoms with E-state index in [1.165, 1.54) is 10.8 Å². The molecule has 1 aliphatic rings. The van der Waals surface area contributed by atoms with Gasteiger partial charge >= 0.3 is 5.69 Å². The molecular formula is C30H39FN2O6Si. The van der Waals surface area contributed by atoms with Gasteiger partial charge in [0.1, 0.15) is 25.0 Å². The van der Waals surface area contributed by atoms with E-state index in [-0.39, 0.29) is 12.2 Å². The average molecular weight is 571 g/mol. The van der Waals surface area contributed by atoms with Crippen LogP contribution in [-0.2, 0) is 26.2 Å². The molecule has 3 aromatic rings. The second kappa shape index (κ2) is 11.5. The molecule has 216 valence electrons. The molecular weight excluding hydrogens is 531 g/mol. The second-order valence-electron chi connectivity index (χ2n) is 12.1. The number of H-pyrrole nitrogens is 1. The first kappa shape index (κ1) is 30.1. The lowest BCUT2D eigenvalue weighted by atomic mass is 10.1. The van der Waals surface area contributed by atoms with Gasteiger partial charge in [-0.25, -0.2) is 9.18 Å². The Bertz CT molecular complexity index is 1360. The minimum Gasteiger partial charge on any atom is -0.386 e. The minimum atomic E-state index is -2.80. The van der Waals surface area contributed by atoms with E-state index in [0.717, 1.165) is 10.4 Å². The number of benzene rings is 2. The number of rotatable bonds is 8. The molecule has 4 atom stereocenters. The van der Waals surface area contributed by atoms with Crippen LogP contribution in [0.4, 0.5) is 4.39 Å². The van der Waals surface area contributed by atoms with E-state index in [4.69, 9.17) is 14.2 Å². The highest BCUT2D eigenvalue weighted by Gasteiger charge is 2.62. The SMILES string of the molecule is CC(C)(C)OC[C@H]1O[C@](n2cc(CF)c(=O)[nH]c2=O)([SiH](c2ccccc2)c2ccccc2)[C@H](O)[C@@H]1OC(C)(C)C. The highest BCUT2D eigenvalue weighted by atomic mass is 28.3. The number of hydrogen-bond acceptors (Lipinski definition) is 6. The zero-order chi connectivity index (χ0) is 29.3. The summed E-state index contributed by atoms with van der Waals surface area (Å²) < 4.78 is 34.6. The van der Waals surface area contributed by atoms with Crippen LogP contribution in [-0.4, -0.2) is 59.6 Å². The van der Waals surface area contributed by atoms with E-state index in [1.807, 2.05) is 102 Å². The van der Waals surface area contributed by atoms with Gasteiger partial charge in [-0.2, -0.15) is 0 Å². The number of aromatic amines is 1. The van der Waals surface area contributed by atoms with E-state index < -0.39 is 61.6 Å². The molecule has 0 radical (unpaired) electrons. The Morgan fingerprint density at radius 2 is 1.52 bits per heavy atom. The van der Waals surface area contributed by atoms with Gasteiger partial charge in [0.05, 0.1) is 23.4 Å². The summed E-state index contributed by atoms with van der Waals surface area (Å²) in [4.78, 5) is 28.2. The van der Waals surface area contributed by atoms with Crippen molar-refractivity contribution in [2.75, 3.05) is 6.61 Å². The van der Waals surface area contributed by atoms with Gasteiger partial charge < -0.3 is 19.3 Å². The molecule has 2 N–H and O–H groups in total. The van der Waals surface area contributed by atoms with E-state index in [9.17, 15) is 19.1 Å². The molecule has 10 heteroatoms. The van der Waals surface area contributed by atoms with Crippen LogP contribution in [0.3, 0.4) is 0 Å². The van der Waals surface area contributed by atoms with Crippen molar-refractivity contribution in [1.82, 2.24) is 9.55 Å². The number of aliphatic hydroxyl groups excluding tert-OH is 1. The summed E-state index contributed by atoms with van der Waals surface area (Å²) in [5, 5.41) is 12.4. The van der Waals surface area contributed by atoms with Gasteiger partial charge in [0.2, 0.25) is 0 Å². The molecule has 40 heavy (non-hydrogen) atoms. The third kappa shape index (κ3) is 6.21. The Hall–Kier alpha value is -2.89.